The van der Waals surface area contributed by atoms with Gasteiger partial charge in [0.25, 0.3) is 5.56 Å². The molecular weight excluding hydrogens is 206 g/mol. The van der Waals surface area contributed by atoms with E-state index in [0.717, 1.165) is 0 Å². The van der Waals surface area contributed by atoms with Gasteiger partial charge in [-0.05, 0) is 13.8 Å². The first kappa shape index (κ1) is 10.4. The maximum Gasteiger partial charge on any atom is 0.266 e. The third-order valence-corrected chi connectivity index (χ3v) is 2.12. The summed E-state index contributed by atoms with van der Waals surface area (Å²) >= 11 is 0. The van der Waals surface area contributed by atoms with Crippen LogP contribution in [-0.4, -0.2) is 22.2 Å². The van der Waals surface area contributed by atoms with E-state index in [1.807, 2.05) is 13.8 Å². The van der Waals surface area contributed by atoms with Gasteiger partial charge in [-0.2, -0.15) is 0 Å². The van der Waals surface area contributed by atoms with Crippen molar-refractivity contribution < 1.29 is 0 Å². The number of anilines is 1. The van der Waals surface area contributed by atoms with Crippen LogP contribution in [-0.2, 0) is 0 Å². The molecule has 6 heteroatoms. The molecule has 3 N–H and O–H groups in total. The van der Waals surface area contributed by atoms with Crippen LogP contribution in [0.15, 0.2) is 27.0 Å². The highest BCUT2D eigenvalue weighted by atomic mass is 16.1. The van der Waals surface area contributed by atoms with Crippen LogP contribution in [0.2, 0.25) is 0 Å². The molecule has 2 heterocycles. The Labute approximate surface area is 92.2 Å². The minimum Gasteiger partial charge on any atom is -0.383 e. The van der Waals surface area contributed by atoms with Crippen molar-refractivity contribution in [2.24, 2.45) is 15.4 Å². The van der Waals surface area contributed by atoms with Crippen LogP contribution in [0, 0.1) is 5.41 Å². The number of H-pyrrole nitrogens is 1. The number of nitrogens with one attached hydrogen (secondary N) is 1. The van der Waals surface area contributed by atoms with E-state index in [-0.39, 0.29) is 11.0 Å². The number of aromatic nitrogens is 2. The maximum atomic E-state index is 11.1. The van der Waals surface area contributed by atoms with Gasteiger partial charge in [-0.15, -0.1) is 0 Å². The van der Waals surface area contributed by atoms with Gasteiger partial charge in [0.05, 0.1) is 6.20 Å². The second kappa shape index (κ2) is 3.48. The normalized spacial score (nSPS) is 18.2. The number of aromatic amines is 1. The number of hydrogen-bond acceptors (Lipinski definition) is 4. The van der Waals surface area contributed by atoms with Gasteiger partial charge in [-0.3, -0.25) is 14.9 Å². The smallest absolute Gasteiger partial charge is 0.266 e. The molecule has 0 saturated heterocycles. The number of rotatable bonds is 1. The molecule has 0 radical (unpaired) electrons. The molecule has 0 unspecified atom stereocenters. The van der Waals surface area contributed by atoms with Crippen LogP contribution >= 0.6 is 0 Å². The monoisotopic (exact) mass is 219 g/mol. The Balaban J connectivity index is 2.44. The largest absolute Gasteiger partial charge is 0.383 e. The van der Waals surface area contributed by atoms with Gasteiger partial charge in [0, 0.05) is 23.9 Å². The Kier molecular flexibility index (Phi) is 2.26. The number of nitrogens with two attached hydrogens (primary N) is 1. The number of nitrogen functional groups attached to an aromatic ring is 1. The zero-order valence-electron chi connectivity index (χ0n) is 9.14. The zero-order valence-corrected chi connectivity index (χ0v) is 9.14. The number of hydrogen-bond donors (Lipinski definition) is 2. The molecule has 0 aromatic carbocycles. The molecule has 0 bridgehead atoms. The van der Waals surface area contributed by atoms with Crippen molar-refractivity contribution >= 4 is 24.1 Å². The predicted molar refractivity (Wildman–Crippen MR) is 64.5 cm³/mol. The van der Waals surface area contributed by atoms with Crippen LogP contribution in [0.1, 0.15) is 13.8 Å². The fourth-order valence-corrected chi connectivity index (χ4v) is 1.31. The molecule has 16 heavy (non-hydrogen) atoms. The SMILES string of the molecule is CC1(C)C=NC=C(n2[nH]c(=O)cc2N)N=C1. The Morgan fingerprint density at radius 3 is 2.81 bits per heavy atom. The van der Waals surface area contributed by atoms with Crippen molar-refractivity contribution in [3.8, 4) is 0 Å². The fourth-order valence-electron chi connectivity index (χ4n) is 1.31. The van der Waals surface area contributed by atoms with Crippen molar-refractivity contribution in [3.63, 3.8) is 0 Å². The summed E-state index contributed by atoms with van der Waals surface area (Å²) in [6.07, 6.45) is 5.09. The average Bonchev–Trinajstić information content (AvgIpc) is 2.41. The minimum absolute atomic E-state index is 0.208. The lowest BCUT2D eigenvalue weighted by atomic mass is 9.98. The molecule has 2 rings (SSSR count). The second-order valence-corrected chi connectivity index (χ2v) is 4.23. The first-order chi connectivity index (χ1) is 7.48. The topological polar surface area (TPSA) is 88.5 Å². The van der Waals surface area contributed by atoms with Crippen LogP contribution in [0.4, 0.5) is 5.82 Å². The number of aliphatic imine (C=N–C) groups is 2. The molecule has 0 aliphatic carbocycles. The van der Waals surface area contributed by atoms with Crippen molar-refractivity contribution in [1.29, 1.82) is 0 Å². The Hall–Kier alpha value is -2.11. The Morgan fingerprint density at radius 1 is 1.44 bits per heavy atom. The van der Waals surface area contributed by atoms with Gasteiger partial charge < -0.3 is 5.73 Å². The third-order valence-electron chi connectivity index (χ3n) is 2.12. The summed E-state index contributed by atoms with van der Waals surface area (Å²) < 4.78 is 1.40. The van der Waals surface area contributed by atoms with E-state index in [0.29, 0.717) is 11.6 Å². The van der Waals surface area contributed by atoms with Gasteiger partial charge in [-0.25, -0.2) is 9.67 Å². The summed E-state index contributed by atoms with van der Waals surface area (Å²) in [5.41, 5.74) is 5.19. The predicted octanol–water partition coefficient (Wildman–Crippen LogP) is 0.696. The molecule has 1 aromatic heterocycles. The highest BCUT2D eigenvalue weighted by Gasteiger charge is 2.14. The van der Waals surface area contributed by atoms with E-state index in [1.165, 1.54) is 10.7 Å². The van der Waals surface area contributed by atoms with Crippen molar-refractivity contribution in [2.45, 2.75) is 13.8 Å². The minimum atomic E-state index is -0.263. The van der Waals surface area contributed by atoms with Gasteiger partial charge in [-0.1, -0.05) is 0 Å². The molecule has 0 amide bonds. The average molecular weight is 219 g/mol. The van der Waals surface area contributed by atoms with Crippen LogP contribution in [0.25, 0.3) is 5.82 Å². The van der Waals surface area contributed by atoms with Crippen molar-refractivity contribution in [1.82, 2.24) is 9.78 Å². The fraction of sp³-hybridized carbons (Fsp3) is 0.300. The summed E-state index contributed by atoms with van der Waals surface area (Å²) in [6.45, 7) is 3.97. The Bertz CT molecular complexity index is 544. The van der Waals surface area contributed by atoms with Crippen LogP contribution in [0.3, 0.4) is 0 Å². The summed E-state index contributed by atoms with van der Waals surface area (Å²) in [6, 6.07) is 1.30. The van der Waals surface area contributed by atoms with E-state index >= 15 is 0 Å². The summed E-state index contributed by atoms with van der Waals surface area (Å²) in [7, 11) is 0. The van der Waals surface area contributed by atoms with E-state index in [1.54, 1.807) is 18.6 Å². The molecule has 0 atom stereocenters. The van der Waals surface area contributed by atoms with E-state index < -0.39 is 0 Å². The third kappa shape index (κ3) is 1.95. The van der Waals surface area contributed by atoms with Gasteiger partial charge >= 0.3 is 0 Å². The van der Waals surface area contributed by atoms with E-state index in [9.17, 15) is 4.79 Å². The highest BCUT2D eigenvalue weighted by molar-refractivity contribution is 5.91. The van der Waals surface area contributed by atoms with Crippen LogP contribution < -0.4 is 11.3 Å². The molecule has 0 saturated carbocycles. The van der Waals surface area contributed by atoms with Crippen molar-refractivity contribution in [3.05, 3.63) is 22.6 Å². The lowest BCUT2D eigenvalue weighted by Gasteiger charge is -2.09. The van der Waals surface area contributed by atoms with Gasteiger partial charge in [0.2, 0.25) is 0 Å². The summed E-state index contributed by atoms with van der Waals surface area (Å²) in [5.74, 6) is 0.796. The molecular formula is C10H13N5O. The second-order valence-electron chi connectivity index (χ2n) is 4.23. The lowest BCUT2D eigenvalue weighted by molar-refractivity contribution is 0.766. The van der Waals surface area contributed by atoms with E-state index in [4.69, 9.17) is 5.73 Å². The standard InChI is InChI=1S/C10H13N5O/c1-10(2)5-12-4-8(13-6-10)15-7(11)3-9(16)14-15/h3-6H,11H2,1-2H3,(H,14,16). The molecule has 84 valence electrons. The zero-order chi connectivity index (χ0) is 11.8. The first-order valence-electron chi connectivity index (χ1n) is 4.86. The number of nitrogens with zero attached hydrogens (tertiary/aromatic N) is 3. The lowest BCUT2D eigenvalue weighted by Crippen LogP contribution is -2.14. The van der Waals surface area contributed by atoms with Gasteiger partial charge in [0.1, 0.15) is 5.82 Å². The maximum absolute atomic E-state index is 11.1. The van der Waals surface area contributed by atoms with Crippen molar-refractivity contribution in [2.75, 3.05) is 5.73 Å². The summed E-state index contributed by atoms with van der Waals surface area (Å²) in [4.78, 5) is 19.5. The van der Waals surface area contributed by atoms with E-state index in [2.05, 4.69) is 15.1 Å². The Morgan fingerprint density at radius 2 is 2.19 bits per heavy atom. The first-order valence-corrected chi connectivity index (χ1v) is 4.86. The molecule has 0 spiro atoms. The highest BCUT2D eigenvalue weighted by Crippen LogP contribution is 2.16. The molecule has 1 aliphatic heterocycles. The summed E-state index contributed by atoms with van der Waals surface area (Å²) in [5, 5.41) is 2.55. The quantitative estimate of drug-likeness (QED) is 0.728. The molecule has 1 aromatic rings. The molecule has 1 aliphatic rings. The van der Waals surface area contributed by atoms with Gasteiger partial charge in [0.15, 0.2) is 5.82 Å². The molecule has 0 fully saturated rings. The molecule has 6 nitrogen and oxygen atoms in total. The van der Waals surface area contributed by atoms with Crippen LogP contribution in [0.5, 0.6) is 0 Å².